The molecular formula is C18H18N2O6. The zero-order valence-corrected chi connectivity index (χ0v) is 14.2. The Labute approximate surface area is 149 Å². The van der Waals surface area contributed by atoms with E-state index >= 15 is 0 Å². The van der Waals surface area contributed by atoms with Crippen molar-refractivity contribution in [3.8, 4) is 0 Å². The van der Waals surface area contributed by atoms with Crippen molar-refractivity contribution in [3.63, 3.8) is 0 Å². The number of ether oxygens (including phenoxy) is 1. The van der Waals surface area contributed by atoms with E-state index in [9.17, 15) is 24.5 Å². The van der Waals surface area contributed by atoms with E-state index < -0.39 is 28.8 Å². The molecule has 0 aromatic heterocycles. The maximum absolute atomic E-state index is 12.5. The summed E-state index contributed by atoms with van der Waals surface area (Å²) >= 11 is 0. The highest BCUT2D eigenvalue weighted by Gasteiger charge is 2.50. The van der Waals surface area contributed by atoms with Crippen LogP contribution in [-0.4, -0.2) is 33.6 Å². The highest BCUT2D eigenvalue weighted by atomic mass is 16.6. The number of benzene rings is 1. The number of rotatable bonds is 5. The van der Waals surface area contributed by atoms with Crippen molar-refractivity contribution in [2.24, 2.45) is 11.8 Å². The number of non-ortho nitro benzene ring substituents is 1. The summed E-state index contributed by atoms with van der Waals surface area (Å²) < 4.78 is 5.16. The summed E-state index contributed by atoms with van der Waals surface area (Å²) in [7, 11) is 0. The summed E-state index contributed by atoms with van der Waals surface area (Å²) in [5.41, 5.74) is 0.352. The van der Waals surface area contributed by atoms with Gasteiger partial charge >= 0.3 is 5.97 Å². The zero-order valence-electron chi connectivity index (χ0n) is 14.2. The minimum Gasteiger partial charge on any atom is -0.459 e. The van der Waals surface area contributed by atoms with E-state index in [0.717, 1.165) is 4.90 Å². The van der Waals surface area contributed by atoms with Crippen molar-refractivity contribution in [2.45, 2.75) is 32.4 Å². The zero-order chi connectivity index (χ0) is 18.8. The summed E-state index contributed by atoms with van der Waals surface area (Å²) in [5, 5.41) is 10.8. The number of allylic oxidation sites excluding steroid dienone is 2. The first kappa shape index (κ1) is 17.8. The average Bonchev–Trinajstić information content (AvgIpc) is 2.90. The van der Waals surface area contributed by atoms with Gasteiger partial charge in [-0.05, 0) is 25.3 Å². The predicted octanol–water partition coefficient (Wildman–Crippen LogP) is 1.98. The Kier molecular flexibility index (Phi) is 4.83. The fourth-order valence-electron chi connectivity index (χ4n) is 3.35. The molecule has 8 heteroatoms. The Balaban J connectivity index is 1.65. The molecule has 2 aliphatic rings. The Morgan fingerprint density at radius 3 is 2.46 bits per heavy atom. The number of nitrogens with zero attached hydrogens (tertiary/aromatic N) is 2. The van der Waals surface area contributed by atoms with Crippen molar-refractivity contribution < 1.29 is 24.0 Å². The molecule has 1 aliphatic heterocycles. The molecule has 0 saturated carbocycles. The maximum Gasteiger partial charge on any atom is 0.329 e. The molecule has 0 spiro atoms. The highest BCUT2D eigenvalue weighted by Crippen LogP contribution is 2.36. The van der Waals surface area contributed by atoms with Crippen LogP contribution in [0.5, 0.6) is 0 Å². The van der Waals surface area contributed by atoms with Gasteiger partial charge in [0.2, 0.25) is 11.8 Å². The highest BCUT2D eigenvalue weighted by molar-refractivity contribution is 6.08. The Hall–Kier alpha value is -3.03. The molecule has 1 heterocycles. The molecule has 1 aliphatic carbocycles. The lowest BCUT2D eigenvalue weighted by molar-refractivity contribution is -0.384. The number of hydrogen-bond donors (Lipinski definition) is 0. The van der Waals surface area contributed by atoms with E-state index in [2.05, 4.69) is 0 Å². The largest absolute Gasteiger partial charge is 0.459 e. The first-order chi connectivity index (χ1) is 12.4. The molecular weight excluding hydrogens is 340 g/mol. The molecule has 0 bridgehead atoms. The lowest BCUT2D eigenvalue weighted by atomic mass is 9.85. The van der Waals surface area contributed by atoms with Crippen molar-refractivity contribution in [1.29, 1.82) is 0 Å². The van der Waals surface area contributed by atoms with Gasteiger partial charge in [-0.1, -0.05) is 24.3 Å². The smallest absolute Gasteiger partial charge is 0.329 e. The van der Waals surface area contributed by atoms with E-state index in [4.69, 9.17) is 4.74 Å². The van der Waals surface area contributed by atoms with Crippen molar-refractivity contribution in [3.05, 3.63) is 52.1 Å². The molecule has 136 valence electrons. The maximum atomic E-state index is 12.5. The average molecular weight is 358 g/mol. The minimum absolute atomic E-state index is 0.104. The normalized spacial score (nSPS) is 22.9. The SMILES string of the molecule is C[C@@H](C(=O)OCc1cccc([N+](=O)[O-])c1)N1C(=O)[C@H]2CC=CC[C@H]2C1=O. The second kappa shape index (κ2) is 7.07. The van der Waals surface area contributed by atoms with E-state index in [0.29, 0.717) is 18.4 Å². The summed E-state index contributed by atoms with van der Waals surface area (Å²) in [6.07, 6.45) is 4.75. The molecule has 0 N–H and O–H groups in total. The van der Waals surface area contributed by atoms with Gasteiger partial charge in [0, 0.05) is 12.1 Å². The van der Waals surface area contributed by atoms with Crippen LogP contribution < -0.4 is 0 Å². The van der Waals surface area contributed by atoms with Crippen LogP contribution in [0.25, 0.3) is 0 Å². The lowest BCUT2D eigenvalue weighted by Crippen LogP contribution is -2.44. The molecule has 1 aromatic carbocycles. The lowest BCUT2D eigenvalue weighted by Gasteiger charge is -2.21. The van der Waals surface area contributed by atoms with Crippen LogP contribution in [0.4, 0.5) is 5.69 Å². The molecule has 1 aromatic rings. The van der Waals surface area contributed by atoms with E-state index in [1.165, 1.54) is 25.1 Å². The molecule has 2 amide bonds. The van der Waals surface area contributed by atoms with E-state index in [-0.39, 0.29) is 24.1 Å². The van der Waals surface area contributed by atoms with E-state index in [1.807, 2.05) is 12.2 Å². The van der Waals surface area contributed by atoms with Gasteiger partial charge in [0.15, 0.2) is 0 Å². The molecule has 0 radical (unpaired) electrons. The molecule has 3 atom stereocenters. The second-order valence-electron chi connectivity index (χ2n) is 6.41. The number of nitro benzene ring substituents is 1. The first-order valence-electron chi connectivity index (χ1n) is 8.32. The third kappa shape index (κ3) is 3.22. The topological polar surface area (TPSA) is 107 Å². The number of likely N-dealkylation sites (tertiary alicyclic amines) is 1. The number of carbonyl (C=O) groups excluding carboxylic acids is 3. The van der Waals surface area contributed by atoms with Crippen LogP contribution in [0.1, 0.15) is 25.3 Å². The number of fused-ring (bicyclic) bond motifs is 1. The van der Waals surface area contributed by atoms with Crippen LogP contribution in [0.15, 0.2) is 36.4 Å². The summed E-state index contributed by atoms with van der Waals surface area (Å²) in [6.45, 7) is 1.28. The third-order valence-corrected chi connectivity index (χ3v) is 4.77. The van der Waals surface area contributed by atoms with Crippen LogP contribution in [-0.2, 0) is 25.7 Å². The Bertz CT molecular complexity index is 777. The van der Waals surface area contributed by atoms with Crippen molar-refractivity contribution in [2.75, 3.05) is 0 Å². The molecule has 1 saturated heterocycles. The van der Waals surface area contributed by atoms with Crippen molar-refractivity contribution in [1.82, 2.24) is 4.90 Å². The van der Waals surface area contributed by atoms with Gasteiger partial charge in [-0.15, -0.1) is 0 Å². The van der Waals surface area contributed by atoms with Gasteiger partial charge in [-0.3, -0.25) is 24.6 Å². The van der Waals surface area contributed by atoms with Crippen molar-refractivity contribution >= 4 is 23.5 Å². The third-order valence-electron chi connectivity index (χ3n) is 4.77. The predicted molar refractivity (Wildman–Crippen MR) is 89.6 cm³/mol. The molecule has 1 fully saturated rings. The molecule has 0 unspecified atom stereocenters. The number of imide groups is 1. The quantitative estimate of drug-likeness (QED) is 0.262. The second-order valence-corrected chi connectivity index (χ2v) is 6.41. The number of nitro groups is 1. The van der Waals surface area contributed by atoms with Gasteiger partial charge in [-0.2, -0.15) is 0 Å². The fraction of sp³-hybridized carbons (Fsp3) is 0.389. The number of esters is 1. The van der Waals surface area contributed by atoms with Crippen LogP contribution in [0, 0.1) is 22.0 Å². The summed E-state index contributed by atoms with van der Waals surface area (Å²) in [4.78, 5) is 48.5. The van der Waals surface area contributed by atoms with Gasteiger partial charge in [0.25, 0.3) is 5.69 Å². The van der Waals surface area contributed by atoms with E-state index in [1.54, 1.807) is 6.07 Å². The van der Waals surface area contributed by atoms with Gasteiger partial charge in [0.05, 0.1) is 16.8 Å². The molecule has 3 rings (SSSR count). The van der Waals surface area contributed by atoms with Crippen LogP contribution in [0.3, 0.4) is 0 Å². The fourth-order valence-corrected chi connectivity index (χ4v) is 3.35. The number of carbonyl (C=O) groups is 3. The van der Waals surface area contributed by atoms with Crippen LogP contribution in [0.2, 0.25) is 0 Å². The minimum atomic E-state index is -1.03. The Morgan fingerprint density at radius 2 is 1.88 bits per heavy atom. The molecule has 8 nitrogen and oxygen atoms in total. The first-order valence-corrected chi connectivity index (χ1v) is 8.32. The monoisotopic (exact) mass is 358 g/mol. The number of hydrogen-bond acceptors (Lipinski definition) is 6. The number of amides is 2. The van der Waals surface area contributed by atoms with Gasteiger partial charge in [0.1, 0.15) is 12.6 Å². The summed E-state index contributed by atoms with van der Waals surface area (Å²) in [5.74, 6) is -2.21. The standard InChI is InChI=1S/C18H18N2O6/c1-11(19-16(21)14-7-2-3-8-15(14)17(19)22)18(23)26-10-12-5-4-6-13(9-12)20(24)25/h2-6,9,11,14-15H,7-8,10H2,1H3/t11-,14-,15+/m0/s1. The van der Waals surface area contributed by atoms with Crippen LogP contribution >= 0.6 is 0 Å². The Morgan fingerprint density at radius 1 is 1.27 bits per heavy atom. The van der Waals surface area contributed by atoms with Gasteiger partial charge in [-0.25, -0.2) is 4.79 Å². The molecule has 26 heavy (non-hydrogen) atoms. The summed E-state index contributed by atoms with van der Waals surface area (Å²) in [6, 6.07) is 4.71. The van der Waals surface area contributed by atoms with Gasteiger partial charge < -0.3 is 4.74 Å².